The number of benzene rings is 1. The third-order valence-electron chi connectivity index (χ3n) is 2.29. The molecule has 0 bridgehead atoms. The summed E-state index contributed by atoms with van der Waals surface area (Å²) in [4.78, 5) is 22.4. The Hall–Kier alpha value is -2.24. The van der Waals surface area contributed by atoms with Gasteiger partial charge in [0.05, 0.1) is 12.7 Å². The third kappa shape index (κ3) is 2.01. The minimum atomic E-state index is -1.18. The van der Waals surface area contributed by atoms with Gasteiger partial charge < -0.3 is 19.3 Å². The van der Waals surface area contributed by atoms with E-state index in [9.17, 15) is 9.59 Å². The number of aromatic carboxylic acids is 1. The number of hydrogen-bond acceptors (Lipinski definition) is 5. The van der Waals surface area contributed by atoms with Gasteiger partial charge in [-0.1, -0.05) is 0 Å². The highest BCUT2D eigenvalue weighted by molar-refractivity contribution is 5.97. The molecule has 90 valence electrons. The van der Waals surface area contributed by atoms with Crippen molar-refractivity contribution in [2.45, 2.75) is 0 Å². The Labute approximate surface area is 96.7 Å². The Kier molecular flexibility index (Phi) is 2.86. The molecule has 0 saturated carbocycles. The molecule has 0 aliphatic carbocycles. The number of methoxy groups -OCH3 is 1. The van der Waals surface area contributed by atoms with Gasteiger partial charge in [0.2, 0.25) is 0 Å². The molecule has 0 unspecified atom stereocenters. The molecule has 1 aliphatic heterocycles. The van der Waals surface area contributed by atoms with E-state index < -0.39 is 11.9 Å². The van der Waals surface area contributed by atoms with Crippen molar-refractivity contribution in [2.24, 2.45) is 0 Å². The fraction of sp³-hybridized carbons (Fsp3) is 0.273. The summed E-state index contributed by atoms with van der Waals surface area (Å²) < 4.78 is 15.0. The Morgan fingerprint density at radius 2 is 2.00 bits per heavy atom. The highest BCUT2D eigenvalue weighted by Gasteiger charge is 2.23. The molecule has 1 heterocycles. The van der Waals surface area contributed by atoms with Gasteiger partial charge >= 0.3 is 11.9 Å². The maximum Gasteiger partial charge on any atom is 0.339 e. The summed E-state index contributed by atoms with van der Waals surface area (Å²) in [5.74, 6) is -1.41. The van der Waals surface area contributed by atoms with Crippen LogP contribution in [0, 0.1) is 0 Å². The van der Waals surface area contributed by atoms with Crippen LogP contribution in [0.4, 0.5) is 0 Å². The van der Waals surface area contributed by atoms with E-state index in [0.29, 0.717) is 6.61 Å². The molecule has 0 fully saturated rings. The van der Waals surface area contributed by atoms with E-state index in [2.05, 4.69) is 4.74 Å². The van der Waals surface area contributed by atoms with Crippen LogP contribution in [0.2, 0.25) is 0 Å². The number of carbonyl (C=O) groups is 2. The summed E-state index contributed by atoms with van der Waals surface area (Å²) in [5, 5.41) is 9.03. The van der Waals surface area contributed by atoms with Gasteiger partial charge in [0.1, 0.15) is 18.8 Å². The Bertz CT molecular complexity index is 479. The second-order valence-corrected chi connectivity index (χ2v) is 3.34. The summed E-state index contributed by atoms with van der Waals surface area (Å²) >= 11 is 0. The van der Waals surface area contributed by atoms with Gasteiger partial charge in [0, 0.05) is 0 Å². The molecule has 0 radical (unpaired) electrons. The second kappa shape index (κ2) is 4.32. The van der Waals surface area contributed by atoms with Gasteiger partial charge in [0.25, 0.3) is 0 Å². The van der Waals surface area contributed by atoms with Crippen LogP contribution in [0.25, 0.3) is 0 Å². The Morgan fingerprint density at radius 1 is 1.29 bits per heavy atom. The lowest BCUT2D eigenvalue weighted by Gasteiger charge is -2.20. The van der Waals surface area contributed by atoms with Crippen molar-refractivity contribution in [1.82, 2.24) is 0 Å². The van der Waals surface area contributed by atoms with Crippen molar-refractivity contribution >= 4 is 11.9 Å². The molecule has 1 N–H and O–H groups in total. The largest absolute Gasteiger partial charge is 0.486 e. The SMILES string of the molecule is COC(=O)c1cc2c(c(C(=O)O)c1)OCCO2. The molecule has 1 aromatic rings. The van der Waals surface area contributed by atoms with Gasteiger partial charge in [-0.25, -0.2) is 9.59 Å². The molecule has 0 saturated heterocycles. The van der Waals surface area contributed by atoms with Crippen LogP contribution in [-0.2, 0) is 4.74 Å². The fourth-order valence-corrected chi connectivity index (χ4v) is 1.55. The first-order chi connectivity index (χ1) is 8.13. The van der Waals surface area contributed by atoms with Crippen LogP contribution in [0.15, 0.2) is 12.1 Å². The van der Waals surface area contributed by atoms with Crippen molar-refractivity contribution in [3.05, 3.63) is 23.3 Å². The lowest BCUT2D eigenvalue weighted by atomic mass is 10.1. The summed E-state index contributed by atoms with van der Waals surface area (Å²) in [7, 11) is 1.22. The van der Waals surface area contributed by atoms with Crippen molar-refractivity contribution in [3.8, 4) is 11.5 Å². The molecule has 0 aromatic heterocycles. The van der Waals surface area contributed by atoms with E-state index in [4.69, 9.17) is 14.6 Å². The van der Waals surface area contributed by atoms with Crippen LogP contribution >= 0.6 is 0 Å². The van der Waals surface area contributed by atoms with Crippen molar-refractivity contribution < 1.29 is 28.9 Å². The first kappa shape index (κ1) is 11.3. The van der Waals surface area contributed by atoms with E-state index in [1.54, 1.807) is 0 Å². The fourth-order valence-electron chi connectivity index (χ4n) is 1.55. The number of fused-ring (bicyclic) bond motifs is 1. The first-order valence-electron chi connectivity index (χ1n) is 4.88. The van der Waals surface area contributed by atoms with E-state index in [1.807, 2.05) is 0 Å². The second-order valence-electron chi connectivity index (χ2n) is 3.34. The van der Waals surface area contributed by atoms with Crippen molar-refractivity contribution in [1.29, 1.82) is 0 Å². The topological polar surface area (TPSA) is 82.1 Å². The molecule has 0 amide bonds. The quantitative estimate of drug-likeness (QED) is 0.772. The summed E-state index contributed by atoms with van der Waals surface area (Å²) in [6.45, 7) is 0.599. The van der Waals surface area contributed by atoms with Crippen LogP contribution < -0.4 is 9.47 Å². The summed E-state index contributed by atoms with van der Waals surface area (Å²) in [6.07, 6.45) is 0. The van der Waals surface area contributed by atoms with E-state index in [1.165, 1.54) is 19.2 Å². The highest BCUT2D eigenvalue weighted by Crippen LogP contribution is 2.35. The van der Waals surface area contributed by atoms with E-state index in [-0.39, 0.29) is 29.2 Å². The molecule has 1 aliphatic rings. The molecule has 0 spiro atoms. The zero-order valence-corrected chi connectivity index (χ0v) is 9.06. The number of esters is 1. The molecule has 2 rings (SSSR count). The zero-order valence-electron chi connectivity index (χ0n) is 9.06. The number of rotatable bonds is 2. The van der Waals surface area contributed by atoms with Crippen molar-refractivity contribution in [3.63, 3.8) is 0 Å². The third-order valence-corrected chi connectivity index (χ3v) is 2.29. The van der Waals surface area contributed by atoms with Gasteiger partial charge in [-0.2, -0.15) is 0 Å². The van der Waals surface area contributed by atoms with Crippen LogP contribution in [0.1, 0.15) is 20.7 Å². The van der Waals surface area contributed by atoms with Crippen LogP contribution in [0.3, 0.4) is 0 Å². The molecular weight excluding hydrogens is 228 g/mol. The predicted octanol–water partition coefficient (Wildman–Crippen LogP) is 0.943. The number of ether oxygens (including phenoxy) is 3. The van der Waals surface area contributed by atoms with Crippen LogP contribution in [-0.4, -0.2) is 37.4 Å². The Balaban J connectivity index is 2.56. The van der Waals surface area contributed by atoms with Crippen LogP contribution in [0.5, 0.6) is 11.5 Å². The predicted molar refractivity (Wildman–Crippen MR) is 55.7 cm³/mol. The standard InChI is InChI=1S/C11H10O6/c1-15-11(14)6-4-7(10(12)13)9-8(5-6)16-2-3-17-9/h4-5H,2-3H2,1H3,(H,12,13). The molecule has 17 heavy (non-hydrogen) atoms. The number of carboxylic acid groups (broad SMARTS) is 1. The number of hydrogen-bond donors (Lipinski definition) is 1. The monoisotopic (exact) mass is 238 g/mol. The van der Waals surface area contributed by atoms with E-state index >= 15 is 0 Å². The van der Waals surface area contributed by atoms with Gasteiger partial charge in [-0.05, 0) is 12.1 Å². The minimum Gasteiger partial charge on any atom is -0.486 e. The van der Waals surface area contributed by atoms with Gasteiger partial charge in [0.15, 0.2) is 11.5 Å². The molecule has 6 heteroatoms. The van der Waals surface area contributed by atoms with Crippen molar-refractivity contribution in [2.75, 3.05) is 20.3 Å². The molecule has 1 aromatic carbocycles. The minimum absolute atomic E-state index is 0.109. The average molecular weight is 238 g/mol. The highest BCUT2D eigenvalue weighted by atomic mass is 16.6. The molecular formula is C11H10O6. The Morgan fingerprint density at radius 3 is 2.65 bits per heavy atom. The maximum atomic E-state index is 11.4. The molecule has 6 nitrogen and oxygen atoms in total. The number of carbonyl (C=O) groups excluding carboxylic acids is 1. The zero-order chi connectivity index (χ0) is 12.4. The maximum absolute atomic E-state index is 11.4. The molecule has 0 atom stereocenters. The smallest absolute Gasteiger partial charge is 0.339 e. The lowest BCUT2D eigenvalue weighted by molar-refractivity contribution is 0.0599. The first-order valence-corrected chi connectivity index (χ1v) is 4.88. The van der Waals surface area contributed by atoms with Gasteiger partial charge in [-0.3, -0.25) is 0 Å². The normalized spacial score (nSPS) is 13.0. The summed E-state index contributed by atoms with van der Waals surface area (Å²) in [5.41, 5.74) is 0.0109. The average Bonchev–Trinajstić information content (AvgIpc) is 2.36. The lowest BCUT2D eigenvalue weighted by Crippen LogP contribution is -2.19. The summed E-state index contributed by atoms with van der Waals surface area (Å²) in [6, 6.07) is 2.62. The number of carboxylic acids is 1. The van der Waals surface area contributed by atoms with Gasteiger partial charge in [-0.15, -0.1) is 0 Å². The van der Waals surface area contributed by atoms with E-state index in [0.717, 1.165) is 0 Å².